The van der Waals surface area contributed by atoms with Crippen LogP contribution in [0.4, 0.5) is 5.95 Å². The molecule has 2 aliphatic rings. The lowest BCUT2D eigenvalue weighted by atomic mass is 10.0. The first-order valence-electron chi connectivity index (χ1n) is 10.4. The van der Waals surface area contributed by atoms with Crippen LogP contribution in [0, 0.1) is 0 Å². The van der Waals surface area contributed by atoms with E-state index in [1.165, 1.54) is 0 Å². The van der Waals surface area contributed by atoms with E-state index in [0.717, 1.165) is 11.3 Å². The lowest BCUT2D eigenvalue weighted by Crippen LogP contribution is -2.47. The number of carbonyl (C=O) groups is 1. The van der Waals surface area contributed by atoms with Crippen LogP contribution < -0.4 is 15.2 Å². The average molecular weight is 412 g/mol. The van der Waals surface area contributed by atoms with Gasteiger partial charge in [-0.2, -0.15) is 0 Å². The number of methoxy groups -OCH3 is 1. The number of aromatic nitrogens is 2. The Morgan fingerprint density at radius 1 is 1.23 bits per heavy atom. The summed E-state index contributed by atoms with van der Waals surface area (Å²) in [6.45, 7) is 6.25. The standard InChI is InChI=1S/C22H28N4O4/c1-14-11-26(12-15(2)30-14)22-23-19-13-25(9-8-18(19)21(28)24-22)20(27)10-16-4-6-17(29-3)7-5-16/h4-7,14-15H,8-13H2,1-3H3,(H,23,24,28)/t14-,15-/m1/s1. The van der Waals surface area contributed by atoms with Gasteiger partial charge in [-0.15, -0.1) is 0 Å². The summed E-state index contributed by atoms with van der Waals surface area (Å²) in [5.74, 6) is 1.36. The second-order valence-corrected chi connectivity index (χ2v) is 8.07. The van der Waals surface area contributed by atoms with Crippen molar-refractivity contribution in [2.45, 2.75) is 45.4 Å². The van der Waals surface area contributed by atoms with E-state index in [0.29, 0.717) is 56.2 Å². The zero-order chi connectivity index (χ0) is 21.3. The number of carbonyl (C=O) groups excluding carboxylic acids is 1. The van der Waals surface area contributed by atoms with Gasteiger partial charge in [0.2, 0.25) is 11.9 Å². The Balaban J connectivity index is 1.50. The second kappa shape index (κ2) is 8.47. The van der Waals surface area contributed by atoms with Gasteiger partial charge < -0.3 is 19.3 Å². The molecule has 3 heterocycles. The van der Waals surface area contributed by atoms with E-state index in [2.05, 4.69) is 9.88 Å². The second-order valence-electron chi connectivity index (χ2n) is 8.07. The number of anilines is 1. The third-order valence-corrected chi connectivity index (χ3v) is 5.65. The first-order chi connectivity index (χ1) is 14.4. The number of fused-ring (bicyclic) bond motifs is 1. The topological polar surface area (TPSA) is 87.8 Å². The summed E-state index contributed by atoms with van der Waals surface area (Å²) in [6, 6.07) is 7.50. The molecular weight excluding hydrogens is 384 g/mol. The summed E-state index contributed by atoms with van der Waals surface area (Å²) in [6.07, 6.45) is 0.964. The fraction of sp³-hybridized carbons (Fsp3) is 0.500. The summed E-state index contributed by atoms with van der Waals surface area (Å²) < 4.78 is 10.9. The van der Waals surface area contributed by atoms with Crippen LogP contribution in [0.15, 0.2) is 29.1 Å². The molecule has 4 rings (SSSR count). The first-order valence-corrected chi connectivity index (χ1v) is 10.4. The lowest BCUT2D eigenvalue weighted by Gasteiger charge is -2.36. The SMILES string of the molecule is COc1ccc(CC(=O)N2CCc3c(nc(N4C[C@@H](C)O[C@H](C)C4)[nH]c3=O)C2)cc1. The zero-order valence-electron chi connectivity index (χ0n) is 17.7. The Bertz CT molecular complexity index is 962. The highest BCUT2D eigenvalue weighted by Crippen LogP contribution is 2.21. The van der Waals surface area contributed by atoms with Gasteiger partial charge in [-0.1, -0.05) is 12.1 Å². The number of aromatic amines is 1. The number of ether oxygens (including phenoxy) is 2. The average Bonchev–Trinajstić information content (AvgIpc) is 2.73. The Morgan fingerprint density at radius 3 is 2.60 bits per heavy atom. The Kier molecular flexibility index (Phi) is 5.76. The molecule has 1 fully saturated rings. The molecule has 0 spiro atoms. The maximum Gasteiger partial charge on any atom is 0.255 e. The van der Waals surface area contributed by atoms with Crippen LogP contribution in [-0.2, 0) is 28.9 Å². The fourth-order valence-corrected chi connectivity index (χ4v) is 4.17. The monoisotopic (exact) mass is 412 g/mol. The molecule has 2 aliphatic heterocycles. The number of hydrogen-bond donors (Lipinski definition) is 1. The molecule has 2 atom stereocenters. The van der Waals surface area contributed by atoms with Crippen molar-refractivity contribution >= 4 is 11.9 Å². The highest BCUT2D eigenvalue weighted by Gasteiger charge is 2.28. The summed E-state index contributed by atoms with van der Waals surface area (Å²) in [7, 11) is 1.62. The summed E-state index contributed by atoms with van der Waals surface area (Å²) in [5.41, 5.74) is 2.20. The number of nitrogens with one attached hydrogen (secondary N) is 1. The molecule has 0 saturated carbocycles. The van der Waals surface area contributed by atoms with Gasteiger partial charge in [0.1, 0.15) is 5.75 Å². The molecular formula is C22H28N4O4. The predicted octanol–water partition coefficient (Wildman–Crippen LogP) is 1.52. The fourth-order valence-electron chi connectivity index (χ4n) is 4.17. The first kappa shape index (κ1) is 20.4. The van der Waals surface area contributed by atoms with Gasteiger partial charge in [0, 0.05) is 25.2 Å². The van der Waals surface area contributed by atoms with Crippen molar-refractivity contribution in [3.05, 3.63) is 51.4 Å². The minimum absolute atomic E-state index is 0.0306. The number of morpholine rings is 1. The lowest BCUT2D eigenvalue weighted by molar-refractivity contribution is -0.131. The van der Waals surface area contributed by atoms with Crippen LogP contribution in [0.2, 0.25) is 0 Å². The third kappa shape index (κ3) is 4.33. The van der Waals surface area contributed by atoms with Gasteiger partial charge in [0.05, 0.1) is 38.0 Å². The molecule has 160 valence electrons. The van der Waals surface area contributed by atoms with Crippen molar-refractivity contribution in [3.8, 4) is 5.75 Å². The minimum atomic E-state index is -0.107. The summed E-state index contributed by atoms with van der Waals surface area (Å²) >= 11 is 0. The minimum Gasteiger partial charge on any atom is -0.497 e. The van der Waals surface area contributed by atoms with E-state index < -0.39 is 0 Å². The zero-order valence-corrected chi connectivity index (χ0v) is 17.7. The molecule has 1 amide bonds. The van der Waals surface area contributed by atoms with E-state index in [4.69, 9.17) is 14.5 Å². The van der Waals surface area contributed by atoms with Gasteiger partial charge >= 0.3 is 0 Å². The van der Waals surface area contributed by atoms with E-state index in [-0.39, 0.29) is 23.7 Å². The van der Waals surface area contributed by atoms with Crippen LogP contribution in [0.1, 0.15) is 30.7 Å². The van der Waals surface area contributed by atoms with Gasteiger partial charge in [-0.25, -0.2) is 4.98 Å². The molecule has 0 unspecified atom stereocenters. The van der Waals surface area contributed by atoms with Crippen LogP contribution in [0.25, 0.3) is 0 Å². The largest absolute Gasteiger partial charge is 0.497 e. The molecule has 1 aromatic heterocycles. The number of benzene rings is 1. The molecule has 0 radical (unpaired) electrons. The quantitative estimate of drug-likeness (QED) is 0.819. The van der Waals surface area contributed by atoms with E-state index >= 15 is 0 Å². The normalized spacial score (nSPS) is 21.3. The van der Waals surface area contributed by atoms with Crippen molar-refractivity contribution in [1.29, 1.82) is 0 Å². The van der Waals surface area contributed by atoms with E-state index in [1.807, 2.05) is 38.1 Å². The van der Waals surface area contributed by atoms with Crippen molar-refractivity contribution in [2.75, 3.05) is 31.6 Å². The highest BCUT2D eigenvalue weighted by molar-refractivity contribution is 5.79. The number of rotatable bonds is 4. The summed E-state index contributed by atoms with van der Waals surface area (Å²) in [5, 5.41) is 0. The highest BCUT2D eigenvalue weighted by atomic mass is 16.5. The van der Waals surface area contributed by atoms with Crippen LogP contribution in [-0.4, -0.2) is 59.7 Å². The van der Waals surface area contributed by atoms with Crippen molar-refractivity contribution < 1.29 is 14.3 Å². The molecule has 2 aromatic rings. The molecule has 30 heavy (non-hydrogen) atoms. The molecule has 0 aliphatic carbocycles. The molecule has 1 aromatic carbocycles. The summed E-state index contributed by atoms with van der Waals surface area (Å²) in [4.78, 5) is 37.0. The van der Waals surface area contributed by atoms with Gasteiger partial charge in [-0.3, -0.25) is 14.6 Å². The van der Waals surface area contributed by atoms with Gasteiger partial charge in [-0.05, 0) is 38.0 Å². The van der Waals surface area contributed by atoms with Crippen LogP contribution >= 0.6 is 0 Å². The Morgan fingerprint density at radius 2 is 1.93 bits per heavy atom. The Labute approximate surface area is 175 Å². The maximum absolute atomic E-state index is 12.8. The third-order valence-electron chi connectivity index (χ3n) is 5.65. The number of H-pyrrole nitrogens is 1. The Hall–Kier alpha value is -2.87. The van der Waals surface area contributed by atoms with Crippen LogP contribution in [0.5, 0.6) is 5.75 Å². The van der Waals surface area contributed by atoms with Crippen molar-refractivity contribution in [2.24, 2.45) is 0 Å². The molecule has 1 saturated heterocycles. The van der Waals surface area contributed by atoms with Gasteiger partial charge in [0.15, 0.2) is 0 Å². The smallest absolute Gasteiger partial charge is 0.255 e. The van der Waals surface area contributed by atoms with Gasteiger partial charge in [0.25, 0.3) is 5.56 Å². The van der Waals surface area contributed by atoms with Crippen molar-refractivity contribution in [1.82, 2.24) is 14.9 Å². The molecule has 0 bridgehead atoms. The molecule has 1 N–H and O–H groups in total. The maximum atomic E-state index is 12.8. The van der Waals surface area contributed by atoms with Crippen LogP contribution in [0.3, 0.4) is 0 Å². The number of hydrogen-bond acceptors (Lipinski definition) is 6. The molecule has 8 heteroatoms. The van der Waals surface area contributed by atoms with E-state index in [1.54, 1.807) is 12.0 Å². The van der Waals surface area contributed by atoms with Crippen molar-refractivity contribution in [3.63, 3.8) is 0 Å². The number of amides is 1. The van der Waals surface area contributed by atoms with E-state index in [9.17, 15) is 9.59 Å². The predicted molar refractivity (Wildman–Crippen MR) is 113 cm³/mol. The number of nitrogens with zero attached hydrogens (tertiary/aromatic N) is 3. The molecule has 8 nitrogen and oxygen atoms in total.